The predicted molar refractivity (Wildman–Crippen MR) is 71.1 cm³/mol. The molecule has 0 bridgehead atoms. The number of morpholine rings is 1. The summed E-state index contributed by atoms with van der Waals surface area (Å²) < 4.78 is 5.41. The summed E-state index contributed by atoms with van der Waals surface area (Å²) in [5.74, 6) is -0.719. The van der Waals surface area contributed by atoms with E-state index < -0.39 is 5.97 Å². The maximum atomic E-state index is 11.4. The monoisotopic (exact) mass is 261 g/mol. The summed E-state index contributed by atoms with van der Waals surface area (Å²) in [6.45, 7) is 3.04. The van der Waals surface area contributed by atoms with Crippen LogP contribution in [0.2, 0.25) is 0 Å². The fourth-order valence-electron chi connectivity index (χ4n) is 3.53. The Morgan fingerprint density at radius 2 is 2.05 bits per heavy atom. The summed E-state index contributed by atoms with van der Waals surface area (Å²) in [4.78, 5) is 13.7. The van der Waals surface area contributed by atoms with Gasteiger partial charge in [-0.1, -0.05) is 24.3 Å². The normalized spacial score (nSPS) is 27.2. The molecule has 4 heteroatoms. The van der Waals surface area contributed by atoms with Crippen LogP contribution in [0.5, 0.6) is 0 Å². The van der Waals surface area contributed by atoms with Gasteiger partial charge in [0.05, 0.1) is 25.2 Å². The van der Waals surface area contributed by atoms with Crippen LogP contribution >= 0.6 is 0 Å². The number of aliphatic carboxylic acids is 1. The van der Waals surface area contributed by atoms with Crippen LogP contribution in [0.1, 0.15) is 24.0 Å². The minimum atomic E-state index is -0.719. The summed E-state index contributed by atoms with van der Waals surface area (Å²) in [6.07, 6.45) is 2.06. The van der Waals surface area contributed by atoms with Gasteiger partial charge in [0, 0.05) is 13.1 Å². The molecule has 19 heavy (non-hydrogen) atoms. The Hall–Kier alpha value is -1.39. The van der Waals surface area contributed by atoms with Gasteiger partial charge in [-0.3, -0.25) is 9.69 Å². The second-order valence-corrected chi connectivity index (χ2v) is 5.36. The number of carboxylic acids is 1. The van der Waals surface area contributed by atoms with Gasteiger partial charge in [0.15, 0.2) is 0 Å². The number of hydrogen-bond acceptors (Lipinski definition) is 3. The third kappa shape index (κ3) is 2.15. The molecule has 0 saturated carbocycles. The first kappa shape index (κ1) is 12.6. The first-order valence-corrected chi connectivity index (χ1v) is 6.85. The van der Waals surface area contributed by atoms with Gasteiger partial charge in [0.2, 0.25) is 0 Å². The van der Waals surface area contributed by atoms with Crippen molar-refractivity contribution in [3.05, 3.63) is 35.4 Å². The molecule has 1 heterocycles. The van der Waals surface area contributed by atoms with Crippen LogP contribution in [-0.4, -0.2) is 42.3 Å². The molecule has 0 amide bonds. The zero-order valence-corrected chi connectivity index (χ0v) is 11.0. The van der Waals surface area contributed by atoms with Crippen LogP contribution in [0, 0.1) is 0 Å². The minimum Gasteiger partial charge on any atom is -0.481 e. The number of aryl methyl sites for hydroxylation is 1. The molecule has 1 atom stereocenters. The first-order chi connectivity index (χ1) is 9.22. The number of ether oxygens (including phenoxy) is 1. The maximum Gasteiger partial charge on any atom is 0.305 e. The molecule has 0 radical (unpaired) electrons. The Morgan fingerprint density at radius 3 is 2.79 bits per heavy atom. The lowest BCUT2D eigenvalue weighted by Crippen LogP contribution is -2.51. The molecular formula is C15H19NO3. The second-order valence-electron chi connectivity index (χ2n) is 5.36. The largest absolute Gasteiger partial charge is 0.481 e. The molecule has 1 aromatic rings. The van der Waals surface area contributed by atoms with Crippen LogP contribution < -0.4 is 0 Å². The highest BCUT2D eigenvalue weighted by Gasteiger charge is 2.45. The van der Waals surface area contributed by atoms with E-state index >= 15 is 0 Å². The number of nitrogens with zero attached hydrogens (tertiary/aromatic N) is 1. The van der Waals surface area contributed by atoms with E-state index in [9.17, 15) is 9.90 Å². The number of benzene rings is 1. The van der Waals surface area contributed by atoms with E-state index in [0.717, 1.165) is 25.9 Å². The number of rotatable bonds is 3. The quantitative estimate of drug-likeness (QED) is 0.898. The molecule has 1 aliphatic carbocycles. The minimum absolute atomic E-state index is 0.185. The van der Waals surface area contributed by atoms with Crippen LogP contribution in [0.25, 0.3) is 0 Å². The molecule has 1 aromatic carbocycles. The Bertz CT molecular complexity index is 482. The summed E-state index contributed by atoms with van der Waals surface area (Å²) >= 11 is 0. The van der Waals surface area contributed by atoms with E-state index in [1.54, 1.807) is 0 Å². The average Bonchev–Trinajstić information content (AvgIpc) is 2.80. The van der Waals surface area contributed by atoms with Crippen molar-refractivity contribution < 1.29 is 14.6 Å². The van der Waals surface area contributed by atoms with Crippen molar-refractivity contribution in [2.75, 3.05) is 26.3 Å². The lowest BCUT2D eigenvalue weighted by molar-refractivity contribution is -0.142. The first-order valence-electron chi connectivity index (χ1n) is 6.85. The molecule has 1 N–H and O–H groups in total. The van der Waals surface area contributed by atoms with Gasteiger partial charge in [-0.05, 0) is 24.0 Å². The average molecular weight is 261 g/mol. The summed E-state index contributed by atoms with van der Waals surface area (Å²) in [5.41, 5.74) is 2.18. The molecular weight excluding hydrogens is 242 g/mol. The SMILES string of the molecule is O=C(O)CC1(N2CCOCC2)CCc2ccccc21. The van der Waals surface area contributed by atoms with Crippen LogP contribution in [0.3, 0.4) is 0 Å². The van der Waals surface area contributed by atoms with Gasteiger partial charge < -0.3 is 9.84 Å². The Morgan fingerprint density at radius 1 is 1.32 bits per heavy atom. The predicted octanol–water partition coefficient (Wildman–Crippen LogP) is 1.63. The molecule has 1 saturated heterocycles. The van der Waals surface area contributed by atoms with Crippen molar-refractivity contribution in [2.45, 2.75) is 24.8 Å². The van der Waals surface area contributed by atoms with Crippen LogP contribution in [0.4, 0.5) is 0 Å². The number of carboxylic acid groups (broad SMARTS) is 1. The summed E-state index contributed by atoms with van der Waals surface area (Å²) in [5, 5.41) is 9.34. The zero-order chi connectivity index (χ0) is 13.3. The Labute approximate surface area is 113 Å². The van der Waals surface area contributed by atoms with Gasteiger partial charge in [-0.2, -0.15) is 0 Å². The lowest BCUT2D eigenvalue weighted by Gasteiger charge is -2.43. The smallest absolute Gasteiger partial charge is 0.305 e. The molecule has 102 valence electrons. The van der Waals surface area contributed by atoms with Gasteiger partial charge >= 0.3 is 5.97 Å². The van der Waals surface area contributed by atoms with Gasteiger partial charge in [-0.25, -0.2) is 0 Å². The highest BCUT2D eigenvalue weighted by atomic mass is 16.5. The van der Waals surface area contributed by atoms with Crippen molar-refractivity contribution in [3.63, 3.8) is 0 Å². The molecule has 1 aliphatic heterocycles. The molecule has 1 unspecified atom stereocenters. The highest BCUT2D eigenvalue weighted by molar-refractivity contribution is 5.69. The van der Waals surface area contributed by atoms with Crippen molar-refractivity contribution >= 4 is 5.97 Å². The zero-order valence-electron chi connectivity index (χ0n) is 11.0. The van der Waals surface area contributed by atoms with Crippen LogP contribution in [-0.2, 0) is 21.5 Å². The van der Waals surface area contributed by atoms with E-state index in [1.165, 1.54) is 11.1 Å². The van der Waals surface area contributed by atoms with E-state index in [-0.39, 0.29) is 12.0 Å². The maximum absolute atomic E-state index is 11.4. The van der Waals surface area contributed by atoms with Crippen molar-refractivity contribution in [1.29, 1.82) is 0 Å². The fraction of sp³-hybridized carbons (Fsp3) is 0.533. The molecule has 1 fully saturated rings. The number of hydrogen-bond donors (Lipinski definition) is 1. The molecule has 2 aliphatic rings. The molecule has 4 nitrogen and oxygen atoms in total. The van der Waals surface area contributed by atoms with Crippen LogP contribution in [0.15, 0.2) is 24.3 Å². The fourth-order valence-corrected chi connectivity index (χ4v) is 3.53. The van der Waals surface area contributed by atoms with Crippen molar-refractivity contribution in [1.82, 2.24) is 4.90 Å². The van der Waals surface area contributed by atoms with E-state index in [0.29, 0.717) is 13.2 Å². The van der Waals surface area contributed by atoms with Gasteiger partial charge in [0.25, 0.3) is 0 Å². The molecule has 0 aromatic heterocycles. The van der Waals surface area contributed by atoms with E-state index in [1.807, 2.05) is 12.1 Å². The number of fused-ring (bicyclic) bond motifs is 1. The number of carbonyl (C=O) groups is 1. The van der Waals surface area contributed by atoms with Gasteiger partial charge in [0.1, 0.15) is 0 Å². The summed E-state index contributed by atoms with van der Waals surface area (Å²) in [7, 11) is 0. The molecule has 0 spiro atoms. The van der Waals surface area contributed by atoms with E-state index in [4.69, 9.17) is 4.74 Å². The third-order valence-electron chi connectivity index (χ3n) is 4.39. The molecule has 3 rings (SSSR count). The third-order valence-corrected chi connectivity index (χ3v) is 4.39. The van der Waals surface area contributed by atoms with Crippen molar-refractivity contribution in [2.24, 2.45) is 0 Å². The van der Waals surface area contributed by atoms with Crippen molar-refractivity contribution in [3.8, 4) is 0 Å². The Balaban J connectivity index is 2.00. The lowest BCUT2D eigenvalue weighted by atomic mass is 9.86. The highest BCUT2D eigenvalue weighted by Crippen LogP contribution is 2.44. The standard InChI is InChI=1S/C15H19NO3/c17-14(18)11-15(16-7-9-19-10-8-16)6-5-12-3-1-2-4-13(12)15/h1-4H,5-11H2,(H,17,18). The van der Waals surface area contributed by atoms with Gasteiger partial charge in [-0.15, -0.1) is 0 Å². The summed E-state index contributed by atoms with van der Waals surface area (Å²) in [6, 6.07) is 8.27. The Kier molecular flexibility index (Phi) is 3.29. The second kappa shape index (κ2) is 4.94. The topological polar surface area (TPSA) is 49.8 Å². The van der Waals surface area contributed by atoms with E-state index in [2.05, 4.69) is 17.0 Å².